The topological polar surface area (TPSA) is 47.0 Å². The zero-order valence-corrected chi connectivity index (χ0v) is 8.06. The van der Waals surface area contributed by atoms with Crippen molar-refractivity contribution < 1.29 is 8.42 Å². The molecule has 0 aliphatic rings. The second kappa shape index (κ2) is 3.41. The maximum Gasteiger partial charge on any atom is 0.177 e. The lowest BCUT2D eigenvalue weighted by molar-refractivity contribution is 0.601. The van der Waals surface area contributed by atoms with E-state index in [4.69, 9.17) is 11.6 Å². The van der Waals surface area contributed by atoms with Crippen LogP contribution >= 0.6 is 11.6 Å². The highest BCUT2D eigenvalue weighted by Gasteiger charge is 2.06. The van der Waals surface area contributed by atoms with Crippen LogP contribution in [0.5, 0.6) is 0 Å². The molecule has 1 rings (SSSR count). The van der Waals surface area contributed by atoms with Crippen molar-refractivity contribution in [2.24, 2.45) is 0 Å². The highest BCUT2D eigenvalue weighted by Crippen LogP contribution is 2.08. The van der Waals surface area contributed by atoms with Crippen LogP contribution in [0, 0.1) is 0 Å². The van der Waals surface area contributed by atoms with Crippen molar-refractivity contribution in [1.29, 1.82) is 0 Å². The van der Waals surface area contributed by atoms with E-state index in [1.54, 1.807) is 6.07 Å². The van der Waals surface area contributed by atoms with Gasteiger partial charge in [-0.1, -0.05) is 0 Å². The monoisotopic (exact) mass is 205 g/mol. The van der Waals surface area contributed by atoms with Crippen molar-refractivity contribution in [3.8, 4) is 0 Å². The molecular formula is C7H8ClNO2S. The lowest BCUT2D eigenvalue weighted by atomic mass is 10.4. The van der Waals surface area contributed by atoms with Crippen molar-refractivity contribution in [3.63, 3.8) is 0 Å². The van der Waals surface area contributed by atoms with Gasteiger partial charge in [-0.15, -0.1) is 11.6 Å². The summed E-state index contributed by atoms with van der Waals surface area (Å²) in [6.07, 6.45) is 2.46. The summed E-state index contributed by atoms with van der Waals surface area (Å²) in [4.78, 5) is 4.07. The number of rotatable bonds is 2. The highest BCUT2D eigenvalue weighted by molar-refractivity contribution is 7.90. The maximum atomic E-state index is 11.0. The molecule has 5 heteroatoms. The molecule has 0 saturated heterocycles. The van der Waals surface area contributed by atoms with Gasteiger partial charge in [0.05, 0.1) is 16.5 Å². The fourth-order valence-electron chi connectivity index (χ4n) is 0.709. The standard InChI is InChI=1S/C7H8ClNO2S/c1-12(10,11)7-3-2-6(4-8)9-5-7/h2-3,5H,4H2,1H3. The summed E-state index contributed by atoms with van der Waals surface area (Å²) in [6.45, 7) is 0. The quantitative estimate of drug-likeness (QED) is 0.683. The number of halogens is 1. The number of sulfone groups is 1. The number of pyridine rings is 1. The Balaban J connectivity index is 3.09. The molecule has 0 bridgehead atoms. The highest BCUT2D eigenvalue weighted by atomic mass is 35.5. The van der Waals surface area contributed by atoms with Gasteiger partial charge < -0.3 is 0 Å². The van der Waals surface area contributed by atoms with Gasteiger partial charge in [0.15, 0.2) is 9.84 Å². The third-order valence-corrected chi connectivity index (χ3v) is 2.73. The predicted molar refractivity (Wildman–Crippen MR) is 46.9 cm³/mol. The van der Waals surface area contributed by atoms with Crippen LogP contribution < -0.4 is 0 Å². The summed E-state index contributed by atoms with van der Waals surface area (Å²) >= 11 is 5.48. The first-order valence-electron chi connectivity index (χ1n) is 3.25. The molecule has 0 aliphatic heterocycles. The van der Waals surface area contributed by atoms with Crippen molar-refractivity contribution >= 4 is 21.4 Å². The van der Waals surface area contributed by atoms with Crippen molar-refractivity contribution in [2.45, 2.75) is 10.8 Å². The summed E-state index contributed by atoms with van der Waals surface area (Å²) < 4.78 is 21.9. The normalized spacial score (nSPS) is 11.5. The smallest absolute Gasteiger partial charge is 0.177 e. The van der Waals surface area contributed by atoms with Crippen LogP contribution in [0.15, 0.2) is 23.2 Å². The van der Waals surface area contributed by atoms with Crippen LogP contribution in [0.4, 0.5) is 0 Å². The molecular weight excluding hydrogens is 198 g/mol. The molecule has 12 heavy (non-hydrogen) atoms. The van der Waals surface area contributed by atoms with E-state index in [1.165, 1.54) is 12.3 Å². The van der Waals surface area contributed by atoms with Crippen molar-refractivity contribution in [1.82, 2.24) is 4.98 Å². The zero-order valence-electron chi connectivity index (χ0n) is 6.49. The Kier molecular flexibility index (Phi) is 2.69. The number of hydrogen-bond acceptors (Lipinski definition) is 3. The molecule has 0 amide bonds. The van der Waals surface area contributed by atoms with Gasteiger partial charge >= 0.3 is 0 Å². The molecule has 0 fully saturated rings. The number of nitrogens with zero attached hydrogens (tertiary/aromatic N) is 1. The maximum absolute atomic E-state index is 11.0. The van der Waals surface area contributed by atoms with Gasteiger partial charge in [-0.25, -0.2) is 8.42 Å². The van der Waals surface area contributed by atoms with E-state index in [-0.39, 0.29) is 4.90 Å². The van der Waals surface area contributed by atoms with Crippen molar-refractivity contribution in [3.05, 3.63) is 24.0 Å². The van der Waals surface area contributed by atoms with E-state index in [0.717, 1.165) is 6.26 Å². The second-order valence-corrected chi connectivity index (χ2v) is 4.67. The Morgan fingerprint density at radius 3 is 2.50 bits per heavy atom. The number of alkyl halides is 1. The van der Waals surface area contributed by atoms with Gasteiger partial charge in [0.25, 0.3) is 0 Å². The summed E-state index contributed by atoms with van der Waals surface area (Å²) in [5.74, 6) is 0.296. The summed E-state index contributed by atoms with van der Waals surface area (Å²) in [7, 11) is -3.13. The molecule has 0 radical (unpaired) electrons. The third kappa shape index (κ3) is 2.19. The molecule has 0 N–H and O–H groups in total. The first-order chi connectivity index (χ1) is 5.54. The van der Waals surface area contributed by atoms with Crippen molar-refractivity contribution in [2.75, 3.05) is 6.26 Å². The number of hydrogen-bond donors (Lipinski definition) is 0. The van der Waals surface area contributed by atoms with Gasteiger partial charge in [0.2, 0.25) is 0 Å². The minimum atomic E-state index is -3.13. The van der Waals surface area contributed by atoms with E-state index in [2.05, 4.69) is 4.98 Å². The minimum absolute atomic E-state index is 0.219. The molecule has 3 nitrogen and oxygen atoms in total. The lowest BCUT2D eigenvalue weighted by Crippen LogP contribution is -1.98. The Hall–Kier alpha value is -0.610. The first-order valence-corrected chi connectivity index (χ1v) is 5.67. The largest absolute Gasteiger partial charge is 0.259 e. The van der Waals surface area contributed by atoms with Gasteiger partial charge in [-0.2, -0.15) is 0 Å². The average Bonchev–Trinajstić information content (AvgIpc) is 2.03. The molecule has 1 heterocycles. The molecule has 0 spiro atoms. The minimum Gasteiger partial charge on any atom is -0.259 e. The van der Waals surface area contributed by atoms with E-state index < -0.39 is 9.84 Å². The molecule has 1 aromatic heterocycles. The van der Waals surface area contributed by atoms with Gasteiger partial charge in [-0.05, 0) is 12.1 Å². The van der Waals surface area contributed by atoms with Crippen LogP contribution in [0.2, 0.25) is 0 Å². The summed E-state index contributed by atoms with van der Waals surface area (Å²) in [5, 5.41) is 0. The van der Waals surface area contributed by atoms with E-state index in [1.807, 2.05) is 0 Å². The van der Waals surface area contributed by atoms with Crippen LogP contribution in [-0.4, -0.2) is 19.7 Å². The van der Waals surface area contributed by atoms with E-state index >= 15 is 0 Å². The molecule has 0 saturated carbocycles. The Bertz CT molecular complexity index is 357. The average molecular weight is 206 g/mol. The molecule has 1 aromatic rings. The Labute approximate surface area is 76.3 Å². The van der Waals surface area contributed by atoms with Gasteiger partial charge in [0, 0.05) is 12.5 Å². The number of aromatic nitrogens is 1. The Morgan fingerprint density at radius 2 is 2.17 bits per heavy atom. The molecule has 0 aromatic carbocycles. The van der Waals surface area contributed by atoms with Crippen LogP contribution in [-0.2, 0) is 15.7 Å². The fraction of sp³-hybridized carbons (Fsp3) is 0.286. The van der Waals surface area contributed by atoms with Crippen LogP contribution in [0.1, 0.15) is 5.69 Å². The molecule has 66 valence electrons. The van der Waals surface area contributed by atoms with Crippen LogP contribution in [0.25, 0.3) is 0 Å². The predicted octanol–water partition coefficient (Wildman–Crippen LogP) is 1.22. The zero-order chi connectivity index (χ0) is 9.19. The van der Waals surface area contributed by atoms with Gasteiger partial charge in [0.1, 0.15) is 0 Å². The molecule has 0 aliphatic carbocycles. The summed E-state index contributed by atoms with van der Waals surface area (Å²) in [5.41, 5.74) is 0.670. The first kappa shape index (κ1) is 9.48. The van der Waals surface area contributed by atoms with Crippen LogP contribution in [0.3, 0.4) is 0 Å². The molecule has 0 atom stereocenters. The SMILES string of the molecule is CS(=O)(=O)c1ccc(CCl)nc1. The summed E-state index contributed by atoms with van der Waals surface area (Å²) in [6, 6.07) is 3.10. The van der Waals surface area contributed by atoms with E-state index in [0.29, 0.717) is 11.6 Å². The fourth-order valence-corrected chi connectivity index (χ4v) is 1.43. The second-order valence-electron chi connectivity index (χ2n) is 2.39. The third-order valence-electron chi connectivity index (χ3n) is 1.36. The van der Waals surface area contributed by atoms with E-state index in [9.17, 15) is 8.42 Å². The Morgan fingerprint density at radius 1 is 1.50 bits per heavy atom. The lowest BCUT2D eigenvalue weighted by Gasteiger charge is -1.97. The van der Waals surface area contributed by atoms with Gasteiger partial charge in [-0.3, -0.25) is 4.98 Å². The molecule has 0 unspecified atom stereocenters.